The van der Waals surface area contributed by atoms with Crippen molar-refractivity contribution in [1.29, 1.82) is 0 Å². The first-order valence-electron chi connectivity index (χ1n) is 5.56. The average molecular weight is 241 g/mol. The molecule has 0 spiro atoms. The number of rotatable bonds is 5. The van der Waals surface area contributed by atoms with Gasteiger partial charge in [0.2, 0.25) is 0 Å². The average Bonchev–Trinajstić information content (AvgIpc) is 2.29. The molecular weight excluding hydrogens is 221 g/mol. The number of benzene rings is 1. The number of aryl methyl sites for hydroxylation is 1. The van der Waals surface area contributed by atoms with E-state index in [-0.39, 0.29) is 24.2 Å². The predicted molar refractivity (Wildman–Crippen MR) is 65.7 cm³/mol. The molecule has 0 aliphatic heterocycles. The van der Waals surface area contributed by atoms with Gasteiger partial charge in [-0.1, -0.05) is 6.07 Å². The van der Waals surface area contributed by atoms with Crippen LogP contribution in [0, 0.1) is 12.7 Å². The summed E-state index contributed by atoms with van der Waals surface area (Å²) in [5, 5.41) is 0. The maximum absolute atomic E-state index is 13.4. The first kappa shape index (κ1) is 13.9. The summed E-state index contributed by atoms with van der Waals surface area (Å²) in [5.41, 5.74) is 6.37. The molecule has 2 N–H and O–H groups in total. The van der Waals surface area contributed by atoms with E-state index in [0.29, 0.717) is 0 Å². The summed E-state index contributed by atoms with van der Waals surface area (Å²) in [4.78, 5) is 0. The largest absolute Gasteiger partial charge is 0.489 e. The maximum Gasteiger partial charge on any atom is 0.165 e. The zero-order chi connectivity index (χ0) is 13.1. The molecule has 0 radical (unpaired) electrons. The number of methoxy groups -OCH3 is 1. The highest BCUT2D eigenvalue weighted by atomic mass is 19.1. The molecule has 17 heavy (non-hydrogen) atoms. The Kier molecular flexibility index (Phi) is 4.48. The van der Waals surface area contributed by atoms with Crippen molar-refractivity contribution in [3.05, 3.63) is 29.6 Å². The van der Waals surface area contributed by atoms with Crippen LogP contribution in [0.2, 0.25) is 0 Å². The third-order valence-corrected chi connectivity index (χ3v) is 2.92. The van der Waals surface area contributed by atoms with Crippen LogP contribution in [0.5, 0.6) is 5.75 Å². The van der Waals surface area contributed by atoms with Crippen LogP contribution < -0.4 is 10.5 Å². The van der Waals surface area contributed by atoms with Crippen molar-refractivity contribution in [2.75, 3.05) is 13.7 Å². The van der Waals surface area contributed by atoms with Crippen LogP contribution in [0.3, 0.4) is 0 Å². The SMILES string of the molecule is COC(C)(C)C(N)COc1cc(C)ccc1F. The molecule has 0 fully saturated rings. The summed E-state index contributed by atoms with van der Waals surface area (Å²) in [5.74, 6) is -0.148. The second kappa shape index (κ2) is 5.47. The van der Waals surface area contributed by atoms with Crippen LogP contribution in [-0.2, 0) is 4.74 Å². The molecule has 0 aromatic heterocycles. The molecule has 1 rings (SSSR count). The Labute approximate surface area is 102 Å². The van der Waals surface area contributed by atoms with E-state index in [2.05, 4.69) is 0 Å². The van der Waals surface area contributed by atoms with Gasteiger partial charge in [0.1, 0.15) is 6.61 Å². The third-order valence-electron chi connectivity index (χ3n) is 2.92. The van der Waals surface area contributed by atoms with Crippen LogP contribution >= 0.6 is 0 Å². The van der Waals surface area contributed by atoms with Crippen LogP contribution in [0.4, 0.5) is 4.39 Å². The highest BCUT2D eigenvalue weighted by Gasteiger charge is 2.26. The van der Waals surface area contributed by atoms with Crippen LogP contribution in [0.1, 0.15) is 19.4 Å². The molecule has 0 heterocycles. The lowest BCUT2D eigenvalue weighted by Gasteiger charge is -2.29. The Morgan fingerprint density at radius 2 is 2.06 bits per heavy atom. The molecule has 1 aromatic carbocycles. The maximum atomic E-state index is 13.4. The zero-order valence-corrected chi connectivity index (χ0v) is 10.8. The van der Waals surface area contributed by atoms with Gasteiger partial charge in [0.05, 0.1) is 11.6 Å². The van der Waals surface area contributed by atoms with E-state index < -0.39 is 5.60 Å². The van der Waals surface area contributed by atoms with E-state index in [1.165, 1.54) is 6.07 Å². The topological polar surface area (TPSA) is 44.5 Å². The zero-order valence-electron chi connectivity index (χ0n) is 10.8. The number of hydrogen-bond acceptors (Lipinski definition) is 3. The fourth-order valence-electron chi connectivity index (χ4n) is 1.25. The smallest absolute Gasteiger partial charge is 0.165 e. The van der Waals surface area contributed by atoms with E-state index in [4.69, 9.17) is 15.2 Å². The molecule has 0 saturated carbocycles. The lowest BCUT2D eigenvalue weighted by molar-refractivity contribution is -0.0113. The van der Waals surface area contributed by atoms with Crippen LogP contribution in [0.15, 0.2) is 18.2 Å². The van der Waals surface area contributed by atoms with Crippen molar-refractivity contribution < 1.29 is 13.9 Å². The summed E-state index contributed by atoms with van der Waals surface area (Å²) >= 11 is 0. The Morgan fingerprint density at radius 3 is 2.65 bits per heavy atom. The van der Waals surface area contributed by atoms with E-state index in [9.17, 15) is 4.39 Å². The molecule has 0 bridgehead atoms. The van der Waals surface area contributed by atoms with E-state index in [1.54, 1.807) is 19.2 Å². The number of nitrogens with two attached hydrogens (primary N) is 1. The van der Waals surface area contributed by atoms with Crippen molar-refractivity contribution in [1.82, 2.24) is 0 Å². The van der Waals surface area contributed by atoms with Crippen molar-refractivity contribution in [3.63, 3.8) is 0 Å². The van der Waals surface area contributed by atoms with Crippen molar-refractivity contribution >= 4 is 0 Å². The minimum absolute atomic E-state index is 0.210. The monoisotopic (exact) mass is 241 g/mol. The van der Waals surface area contributed by atoms with Gasteiger partial charge in [-0.25, -0.2) is 4.39 Å². The fraction of sp³-hybridized carbons (Fsp3) is 0.538. The van der Waals surface area contributed by atoms with Crippen molar-refractivity contribution in [2.45, 2.75) is 32.4 Å². The highest BCUT2D eigenvalue weighted by Crippen LogP contribution is 2.20. The van der Waals surface area contributed by atoms with Gasteiger partial charge in [-0.05, 0) is 38.5 Å². The molecular formula is C13H20FNO2. The molecule has 0 aliphatic rings. The van der Waals surface area contributed by atoms with Gasteiger partial charge >= 0.3 is 0 Å². The minimum Gasteiger partial charge on any atom is -0.489 e. The molecule has 1 aromatic rings. The molecule has 96 valence electrons. The molecule has 0 saturated heterocycles. The first-order chi connectivity index (χ1) is 7.86. The predicted octanol–water partition coefficient (Wildman–Crippen LogP) is 2.27. The Hall–Kier alpha value is -1.13. The number of ether oxygens (including phenoxy) is 2. The quantitative estimate of drug-likeness (QED) is 0.860. The summed E-state index contributed by atoms with van der Waals surface area (Å²) in [6.45, 7) is 5.83. The molecule has 4 heteroatoms. The first-order valence-corrected chi connectivity index (χ1v) is 5.56. The number of hydrogen-bond donors (Lipinski definition) is 1. The van der Waals surface area contributed by atoms with Gasteiger partial charge in [-0.15, -0.1) is 0 Å². The Morgan fingerprint density at radius 1 is 1.41 bits per heavy atom. The molecule has 0 aliphatic carbocycles. The Bertz CT molecular complexity index is 380. The summed E-state index contributed by atoms with van der Waals surface area (Å²) < 4.78 is 24.0. The second-order valence-electron chi connectivity index (χ2n) is 4.66. The second-order valence-corrected chi connectivity index (χ2v) is 4.66. The number of halogens is 1. The van der Waals surface area contributed by atoms with Gasteiger partial charge < -0.3 is 15.2 Å². The van der Waals surface area contributed by atoms with E-state index in [0.717, 1.165) is 5.56 Å². The lowest BCUT2D eigenvalue weighted by atomic mass is 10.0. The lowest BCUT2D eigenvalue weighted by Crippen LogP contribution is -2.48. The molecule has 0 amide bonds. The third kappa shape index (κ3) is 3.68. The normalized spacial score (nSPS) is 13.5. The summed E-state index contributed by atoms with van der Waals surface area (Å²) in [7, 11) is 1.59. The van der Waals surface area contributed by atoms with E-state index >= 15 is 0 Å². The van der Waals surface area contributed by atoms with Crippen LogP contribution in [0.25, 0.3) is 0 Å². The molecule has 3 nitrogen and oxygen atoms in total. The van der Waals surface area contributed by atoms with Crippen molar-refractivity contribution in [3.8, 4) is 5.75 Å². The van der Waals surface area contributed by atoms with E-state index in [1.807, 2.05) is 20.8 Å². The highest BCUT2D eigenvalue weighted by molar-refractivity contribution is 5.29. The molecule has 1 atom stereocenters. The fourth-order valence-corrected chi connectivity index (χ4v) is 1.25. The van der Waals surface area contributed by atoms with Crippen molar-refractivity contribution in [2.24, 2.45) is 5.73 Å². The van der Waals surface area contributed by atoms with Gasteiger partial charge in [0.15, 0.2) is 11.6 Å². The molecule has 1 unspecified atom stereocenters. The minimum atomic E-state index is -0.500. The van der Waals surface area contributed by atoms with Gasteiger partial charge in [-0.3, -0.25) is 0 Å². The summed E-state index contributed by atoms with van der Waals surface area (Å²) in [6.07, 6.45) is 0. The van der Waals surface area contributed by atoms with Gasteiger partial charge in [0, 0.05) is 7.11 Å². The van der Waals surface area contributed by atoms with Gasteiger partial charge in [-0.2, -0.15) is 0 Å². The Balaban J connectivity index is 2.64. The standard InChI is InChI=1S/C13H20FNO2/c1-9-5-6-10(14)11(7-9)17-8-12(15)13(2,3)16-4/h5-7,12H,8,15H2,1-4H3. The van der Waals surface area contributed by atoms with Crippen LogP contribution in [-0.4, -0.2) is 25.4 Å². The summed E-state index contributed by atoms with van der Waals surface area (Å²) in [6, 6.07) is 4.41. The van der Waals surface area contributed by atoms with Gasteiger partial charge in [0.25, 0.3) is 0 Å².